The first-order chi connectivity index (χ1) is 7.68. The number of hydrogen-bond donors (Lipinski definition) is 1. The number of nitrogens with zero attached hydrogens (tertiary/aromatic N) is 2. The van der Waals surface area contributed by atoms with Crippen LogP contribution in [0.2, 0.25) is 5.15 Å². The van der Waals surface area contributed by atoms with Gasteiger partial charge in [0.15, 0.2) is 0 Å². The molecule has 1 atom stereocenters. The molecule has 0 saturated carbocycles. The summed E-state index contributed by atoms with van der Waals surface area (Å²) in [6.45, 7) is 2.08. The monoisotopic (exact) mass is 317 g/mol. The third-order valence-corrected chi connectivity index (χ3v) is 4.39. The second kappa shape index (κ2) is 5.12. The van der Waals surface area contributed by atoms with Gasteiger partial charge in [-0.25, -0.2) is 9.97 Å². The molecule has 2 heterocycles. The number of nitrogens with one attached hydrogen (secondary N) is 1. The maximum absolute atomic E-state index is 5.89. The Hall–Kier alpha value is -0.650. The largest absolute Gasteiger partial charge is 0.362 e. The minimum atomic E-state index is 0.197. The fourth-order valence-corrected chi connectivity index (χ4v) is 2.45. The molecule has 2 rings (SSSR count). The van der Waals surface area contributed by atoms with Gasteiger partial charge in [-0.3, -0.25) is 0 Å². The van der Waals surface area contributed by atoms with E-state index in [0.29, 0.717) is 15.4 Å². The molecule has 16 heavy (non-hydrogen) atoms. The van der Waals surface area contributed by atoms with Gasteiger partial charge in [-0.05, 0) is 34.3 Å². The quantitative estimate of drug-likeness (QED) is 0.865. The van der Waals surface area contributed by atoms with Crippen molar-refractivity contribution in [3.8, 4) is 0 Å². The van der Waals surface area contributed by atoms with Gasteiger partial charge in [-0.2, -0.15) is 0 Å². The maximum atomic E-state index is 5.89. The van der Waals surface area contributed by atoms with Crippen LogP contribution in [0.25, 0.3) is 0 Å². The molecule has 3 nitrogen and oxygen atoms in total. The minimum absolute atomic E-state index is 0.197. The third-order valence-electron chi connectivity index (χ3n) is 2.07. The smallest absolute Gasteiger partial charge is 0.148 e. The number of anilines is 1. The molecule has 6 heteroatoms. The molecular weight excluding hydrogens is 310 g/mol. The zero-order chi connectivity index (χ0) is 11.5. The predicted molar refractivity (Wildman–Crippen MR) is 71.1 cm³/mol. The fraction of sp³-hybridized carbons (Fsp3) is 0.200. The van der Waals surface area contributed by atoms with E-state index < -0.39 is 0 Å². The van der Waals surface area contributed by atoms with E-state index in [2.05, 4.69) is 49.6 Å². The van der Waals surface area contributed by atoms with Gasteiger partial charge < -0.3 is 5.32 Å². The van der Waals surface area contributed by atoms with Gasteiger partial charge in [0.1, 0.15) is 17.3 Å². The Morgan fingerprint density at radius 2 is 2.31 bits per heavy atom. The van der Waals surface area contributed by atoms with Gasteiger partial charge in [0.25, 0.3) is 0 Å². The van der Waals surface area contributed by atoms with Crippen molar-refractivity contribution in [1.29, 1.82) is 0 Å². The van der Waals surface area contributed by atoms with E-state index in [1.165, 1.54) is 11.2 Å². The van der Waals surface area contributed by atoms with E-state index in [-0.39, 0.29) is 6.04 Å². The van der Waals surface area contributed by atoms with Crippen molar-refractivity contribution in [2.45, 2.75) is 13.0 Å². The Labute approximate surface area is 111 Å². The van der Waals surface area contributed by atoms with Gasteiger partial charge in [-0.15, -0.1) is 11.3 Å². The molecule has 2 aromatic rings. The Bertz CT molecular complexity index is 475. The first-order valence-corrected chi connectivity index (χ1v) is 6.69. The summed E-state index contributed by atoms with van der Waals surface area (Å²) in [7, 11) is 0. The molecule has 0 aliphatic rings. The molecule has 0 fully saturated rings. The van der Waals surface area contributed by atoms with Crippen molar-refractivity contribution in [2.75, 3.05) is 5.32 Å². The second-order valence-electron chi connectivity index (χ2n) is 3.21. The Morgan fingerprint density at radius 1 is 1.50 bits per heavy atom. The first-order valence-electron chi connectivity index (χ1n) is 4.64. The molecule has 0 aromatic carbocycles. The van der Waals surface area contributed by atoms with Gasteiger partial charge in [-0.1, -0.05) is 17.7 Å². The first kappa shape index (κ1) is 11.8. The molecule has 1 N–H and O–H groups in total. The molecule has 0 aliphatic heterocycles. The number of halogens is 2. The van der Waals surface area contributed by atoms with Crippen molar-refractivity contribution < 1.29 is 0 Å². The highest BCUT2D eigenvalue weighted by atomic mass is 79.9. The summed E-state index contributed by atoms with van der Waals surface area (Å²) in [5.41, 5.74) is 0. The number of hydrogen-bond acceptors (Lipinski definition) is 4. The van der Waals surface area contributed by atoms with Crippen LogP contribution in [0.15, 0.2) is 28.3 Å². The molecule has 0 saturated heterocycles. The maximum Gasteiger partial charge on any atom is 0.148 e. The molecule has 0 aliphatic carbocycles. The van der Waals surface area contributed by atoms with E-state index in [1.807, 2.05) is 6.07 Å². The zero-order valence-electron chi connectivity index (χ0n) is 8.45. The molecule has 1 unspecified atom stereocenters. The van der Waals surface area contributed by atoms with Crippen molar-refractivity contribution in [3.05, 3.63) is 38.3 Å². The third kappa shape index (κ3) is 2.53. The number of thiophene rings is 1. The van der Waals surface area contributed by atoms with Gasteiger partial charge >= 0.3 is 0 Å². The number of rotatable bonds is 3. The van der Waals surface area contributed by atoms with E-state index in [1.54, 1.807) is 11.3 Å². The van der Waals surface area contributed by atoms with Crippen molar-refractivity contribution in [2.24, 2.45) is 0 Å². The highest BCUT2D eigenvalue weighted by Gasteiger charge is 2.11. The topological polar surface area (TPSA) is 37.8 Å². The lowest BCUT2D eigenvalue weighted by atomic mass is 10.3. The van der Waals surface area contributed by atoms with Crippen molar-refractivity contribution in [3.63, 3.8) is 0 Å². The van der Waals surface area contributed by atoms with Crippen LogP contribution >= 0.6 is 38.9 Å². The van der Waals surface area contributed by atoms with Crippen LogP contribution in [0.3, 0.4) is 0 Å². The van der Waals surface area contributed by atoms with Crippen LogP contribution < -0.4 is 5.32 Å². The molecule has 0 bridgehead atoms. The summed E-state index contributed by atoms with van der Waals surface area (Å²) in [6, 6.07) is 4.31. The highest BCUT2D eigenvalue weighted by molar-refractivity contribution is 9.10. The van der Waals surface area contributed by atoms with E-state index >= 15 is 0 Å². The predicted octanol–water partition coefficient (Wildman–Crippen LogP) is 4.13. The summed E-state index contributed by atoms with van der Waals surface area (Å²) in [4.78, 5) is 9.27. The van der Waals surface area contributed by atoms with Gasteiger partial charge in [0.05, 0.1) is 10.5 Å². The number of aromatic nitrogens is 2. The Kier molecular flexibility index (Phi) is 3.78. The average Bonchev–Trinajstić information content (AvgIpc) is 2.78. The Morgan fingerprint density at radius 3 is 3.00 bits per heavy atom. The molecule has 84 valence electrons. The van der Waals surface area contributed by atoms with Crippen LogP contribution in [-0.4, -0.2) is 9.97 Å². The zero-order valence-corrected chi connectivity index (χ0v) is 11.6. The van der Waals surface area contributed by atoms with Crippen LogP contribution in [0.1, 0.15) is 17.8 Å². The molecular formula is C10H9BrClN3S. The molecule has 0 radical (unpaired) electrons. The van der Waals surface area contributed by atoms with E-state index in [0.717, 1.165) is 0 Å². The lowest BCUT2D eigenvalue weighted by Crippen LogP contribution is -2.07. The van der Waals surface area contributed by atoms with Crippen molar-refractivity contribution in [1.82, 2.24) is 9.97 Å². The summed E-state index contributed by atoms with van der Waals surface area (Å²) in [6.07, 6.45) is 1.44. The fourth-order valence-electron chi connectivity index (χ4n) is 1.26. The Balaban J connectivity index is 2.18. The normalized spacial score (nSPS) is 12.4. The SMILES string of the molecule is CC(Nc1ncnc(Cl)c1Br)c1cccs1. The lowest BCUT2D eigenvalue weighted by molar-refractivity contribution is 0.890. The van der Waals surface area contributed by atoms with Gasteiger partial charge in [0, 0.05) is 4.88 Å². The molecule has 0 amide bonds. The minimum Gasteiger partial charge on any atom is -0.362 e. The lowest BCUT2D eigenvalue weighted by Gasteiger charge is -2.13. The van der Waals surface area contributed by atoms with E-state index in [4.69, 9.17) is 11.6 Å². The standard InChI is InChI=1S/C10H9BrClN3S/c1-6(7-3-2-4-16-7)15-10-8(11)9(12)13-5-14-10/h2-6H,1H3,(H,13,14,15). The second-order valence-corrected chi connectivity index (χ2v) is 5.34. The van der Waals surface area contributed by atoms with Crippen LogP contribution in [0.4, 0.5) is 5.82 Å². The van der Waals surface area contributed by atoms with Crippen LogP contribution in [-0.2, 0) is 0 Å². The van der Waals surface area contributed by atoms with Crippen LogP contribution in [0, 0.1) is 0 Å². The molecule has 2 aromatic heterocycles. The summed E-state index contributed by atoms with van der Waals surface area (Å²) in [5, 5.41) is 5.75. The van der Waals surface area contributed by atoms with E-state index in [9.17, 15) is 0 Å². The average molecular weight is 319 g/mol. The summed E-state index contributed by atoms with van der Waals surface area (Å²) < 4.78 is 0.695. The van der Waals surface area contributed by atoms with Gasteiger partial charge in [0.2, 0.25) is 0 Å². The molecule has 0 spiro atoms. The van der Waals surface area contributed by atoms with Crippen molar-refractivity contribution >= 4 is 44.7 Å². The summed E-state index contributed by atoms with van der Waals surface area (Å²) >= 11 is 10.9. The highest BCUT2D eigenvalue weighted by Crippen LogP contribution is 2.29. The van der Waals surface area contributed by atoms with Crippen LogP contribution in [0.5, 0.6) is 0 Å². The summed E-state index contributed by atoms with van der Waals surface area (Å²) in [5.74, 6) is 0.709.